The highest BCUT2D eigenvalue weighted by atomic mass is 16.6. The van der Waals surface area contributed by atoms with Crippen molar-refractivity contribution in [2.24, 2.45) is 0 Å². The Morgan fingerprint density at radius 2 is 0.923 bits per heavy atom. The van der Waals surface area contributed by atoms with Crippen molar-refractivity contribution in [3.8, 4) is 0 Å². The molecule has 39 heavy (non-hydrogen) atoms. The number of ether oxygens (including phenoxy) is 3. The Hall–Kier alpha value is -0.870. The molecule has 0 N–H and O–H groups in total. The standard InChI is InChI=1S/C35H62O4/c1-3-4-5-6-7-8-12-15-18-21-24-31-33(38-31)26-27-34-32(39-34)25-22-19-16-13-10-9-11-14-17-20-23-30-28-29(2)37-35(30)36/h28-29,31-34H,3-27H2,1-2H3/t29-,31-,32-,33-,34-/m1/s1. The Labute approximate surface area is 241 Å². The summed E-state index contributed by atoms with van der Waals surface area (Å²) in [7, 11) is 0. The van der Waals surface area contributed by atoms with E-state index in [1.54, 1.807) is 0 Å². The van der Waals surface area contributed by atoms with E-state index in [4.69, 9.17) is 14.2 Å². The van der Waals surface area contributed by atoms with E-state index in [9.17, 15) is 4.79 Å². The van der Waals surface area contributed by atoms with E-state index in [2.05, 4.69) is 6.92 Å². The molecule has 3 rings (SSSR count). The summed E-state index contributed by atoms with van der Waals surface area (Å²) in [5.74, 6) is -0.0951. The number of cyclic esters (lactones) is 1. The maximum Gasteiger partial charge on any atom is 0.334 e. The van der Waals surface area contributed by atoms with Gasteiger partial charge in [0.1, 0.15) is 6.10 Å². The first-order chi connectivity index (χ1) is 19.2. The number of hydrogen-bond acceptors (Lipinski definition) is 4. The van der Waals surface area contributed by atoms with Crippen LogP contribution in [0.4, 0.5) is 0 Å². The van der Waals surface area contributed by atoms with Crippen LogP contribution < -0.4 is 0 Å². The predicted octanol–water partition coefficient (Wildman–Crippen LogP) is 10.2. The van der Waals surface area contributed by atoms with E-state index in [1.165, 1.54) is 148 Å². The molecule has 5 atom stereocenters. The summed E-state index contributed by atoms with van der Waals surface area (Å²) < 4.78 is 17.0. The van der Waals surface area contributed by atoms with Crippen molar-refractivity contribution in [3.05, 3.63) is 11.6 Å². The molecule has 4 heteroatoms. The van der Waals surface area contributed by atoms with Gasteiger partial charge in [0.25, 0.3) is 0 Å². The highest BCUT2D eigenvalue weighted by molar-refractivity contribution is 5.90. The maximum absolute atomic E-state index is 11.6. The van der Waals surface area contributed by atoms with Crippen molar-refractivity contribution in [1.82, 2.24) is 0 Å². The zero-order chi connectivity index (χ0) is 27.5. The average molecular weight is 547 g/mol. The fraction of sp³-hybridized carbons (Fsp3) is 0.914. The van der Waals surface area contributed by atoms with Crippen molar-refractivity contribution in [1.29, 1.82) is 0 Å². The van der Waals surface area contributed by atoms with Crippen LogP contribution in [0.1, 0.15) is 174 Å². The lowest BCUT2D eigenvalue weighted by molar-refractivity contribution is -0.139. The summed E-state index contributed by atoms with van der Waals surface area (Å²) in [4.78, 5) is 11.6. The number of unbranched alkanes of at least 4 members (excludes halogenated alkanes) is 18. The molecule has 0 spiro atoms. The van der Waals surface area contributed by atoms with E-state index in [1.807, 2.05) is 13.0 Å². The Bertz CT molecular complexity index is 674. The fourth-order valence-electron chi connectivity index (χ4n) is 6.43. The fourth-order valence-corrected chi connectivity index (χ4v) is 6.43. The number of hydrogen-bond donors (Lipinski definition) is 0. The Kier molecular flexibility index (Phi) is 16.8. The molecule has 4 nitrogen and oxygen atoms in total. The molecule has 0 aliphatic carbocycles. The van der Waals surface area contributed by atoms with Crippen molar-refractivity contribution in [2.75, 3.05) is 0 Å². The number of epoxide rings is 2. The first-order valence-electron chi connectivity index (χ1n) is 17.4. The summed E-state index contributed by atoms with van der Waals surface area (Å²) in [5.41, 5.74) is 0.894. The molecular weight excluding hydrogens is 484 g/mol. The van der Waals surface area contributed by atoms with Gasteiger partial charge in [-0.25, -0.2) is 4.79 Å². The van der Waals surface area contributed by atoms with Gasteiger partial charge < -0.3 is 14.2 Å². The molecule has 3 heterocycles. The number of esters is 1. The van der Waals surface area contributed by atoms with Crippen LogP contribution in [0.15, 0.2) is 11.6 Å². The third kappa shape index (κ3) is 15.1. The SMILES string of the molecule is CCCCCCCCCCCC[C@H]1O[C@@H]1CC[C@H]1O[C@@H]1CCCCCCCCCCCCC1=C[C@@H](C)OC1=O. The van der Waals surface area contributed by atoms with Crippen LogP contribution in [0.3, 0.4) is 0 Å². The van der Waals surface area contributed by atoms with E-state index in [0.717, 1.165) is 18.4 Å². The van der Waals surface area contributed by atoms with Gasteiger partial charge in [0.15, 0.2) is 0 Å². The molecule has 0 aromatic heterocycles. The zero-order valence-electron chi connectivity index (χ0n) is 25.8. The average Bonchev–Trinajstić information content (AvgIpc) is 3.83. The normalized spacial score (nSPS) is 25.6. The zero-order valence-corrected chi connectivity index (χ0v) is 25.8. The Balaban J connectivity index is 0.988. The molecule has 0 aromatic carbocycles. The molecule has 0 radical (unpaired) electrons. The van der Waals surface area contributed by atoms with Gasteiger partial charge >= 0.3 is 5.97 Å². The van der Waals surface area contributed by atoms with Crippen molar-refractivity contribution < 1.29 is 19.0 Å². The smallest absolute Gasteiger partial charge is 0.334 e. The van der Waals surface area contributed by atoms with Crippen LogP contribution in [0.25, 0.3) is 0 Å². The minimum absolute atomic E-state index is 0.0231. The molecule has 3 aliphatic rings. The summed E-state index contributed by atoms with van der Waals surface area (Å²) in [6, 6.07) is 0. The summed E-state index contributed by atoms with van der Waals surface area (Å²) >= 11 is 0. The van der Waals surface area contributed by atoms with Crippen molar-refractivity contribution in [3.63, 3.8) is 0 Å². The minimum atomic E-state index is -0.0951. The van der Waals surface area contributed by atoms with Gasteiger partial charge in [-0.05, 0) is 51.5 Å². The molecule has 0 bridgehead atoms. The molecule has 0 aromatic rings. The second-order valence-electron chi connectivity index (χ2n) is 12.9. The first-order valence-corrected chi connectivity index (χ1v) is 17.4. The van der Waals surface area contributed by atoms with Crippen molar-refractivity contribution in [2.45, 2.75) is 205 Å². The van der Waals surface area contributed by atoms with Crippen LogP contribution in [0.2, 0.25) is 0 Å². The Morgan fingerprint density at radius 3 is 1.33 bits per heavy atom. The molecule has 3 aliphatic heterocycles. The highest BCUT2D eigenvalue weighted by Gasteiger charge is 2.42. The van der Waals surface area contributed by atoms with Gasteiger partial charge in [0.2, 0.25) is 0 Å². The summed E-state index contributed by atoms with van der Waals surface area (Å²) in [5, 5.41) is 0. The summed E-state index contributed by atoms with van der Waals surface area (Å²) in [6.07, 6.45) is 37.3. The van der Waals surface area contributed by atoms with Crippen LogP contribution in [-0.2, 0) is 19.0 Å². The van der Waals surface area contributed by atoms with Gasteiger partial charge in [-0.2, -0.15) is 0 Å². The van der Waals surface area contributed by atoms with Crippen LogP contribution in [-0.4, -0.2) is 36.5 Å². The first kappa shape index (κ1) is 32.6. The van der Waals surface area contributed by atoms with Crippen LogP contribution in [0.5, 0.6) is 0 Å². The molecule has 0 amide bonds. The van der Waals surface area contributed by atoms with Gasteiger partial charge in [-0.3, -0.25) is 0 Å². The third-order valence-corrected chi connectivity index (χ3v) is 9.13. The molecule has 0 saturated carbocycles. The van der Waals surface area contributed by atoms with E-state index in [0.29, 0.717) is 24.4 Å². The second-order valence-corrected chi connectivity index (χ2v) is 12.9. The topological polar surface area (TPSA) is 51.4 Å². The molecular formula is C35H62O4. The molecule has 2 fully saturated rings. The minimum Gasteiger partial charge on any atom is -0.455 e. The number of rotatable bonds is 27. The second kappa shape index (κ2) is 20.1. The monoisotopic (exact) mass is 546 g/mol. The number of carbonyl (C=O) groups excluding carboxylic acids is 1. The predicted molar refractivity (Wildman–Crippen MR) is 162 cm³/mol. The van der Waals surface area contributed by atoms with Crippen LogP contribution in [0, 0.1) is 0 Å². The lowest BCUT2D eigenvalue weighted by Crippen LogP contribution is -2.03. The van der Waals surface area contributed by atoms with Crippen molar-refractivity contribution >= 4 is 5.97 Å². The molecule has 226 valence electrons. The Morgan fingerprint density at radius 1 is 0.538 bits per heavy atom. The van der Waals surface area contributed by atoms with Gasteiger partial charge in [0, 0.05) is 5.57 Å². The highest BCUT2D eigenvalue weighted by Crippen LogP contribution is 2.37. The van der Waals surface area contributed by atoms with E-state index < -0.39 is 0 Å². The lowest BCUT2D eigenvalue weighted by atomic mass is 10.0. The van der Waals surface area contributed by atoms with Crippen LogP contribution >= 0.6 is 0 Å². The van der Waals surface area contributed by atoms with Gasteiger partial charge in [0.05, 0.1) is 24.4 Å². The molecule has 2 saturated heterocycles. The quantitative estimate of drug-likeness (QED) is 0.0584. The van der Waals surface area contributed by atoms with E-state index >= 15 is 0 Å². The van der Waals surface area contributed by atoms with Gasteiger partial charge in [-0.15, -0.1) is 0 Å². The molecule has 0 unspecified atom stereocenters. The largest absolute Gasteiger partial charge is 0.455 e. The number of carbonyl (C=O) groups is 1. The lowest BCUT2D eigenvalue weighted by Gasteiger charge is -2.03. The van der Waals surface area contributed by atoms with E-state index in [-0.39, 0.29) is 12.1 Å². The maximum atomic E-state index is 11.6. The summed E-state index contributed by atoms with van der Waals surface area (Å²) in [6.45, 7) is 4.22. The third-order valence-electron chi connectivity index (χ3n) is 9.13. The van der Waals surface area contributed by atoms with Gasteiger partial charge in [-0.1, -0.05) is 129 Å².